The minimum Gasteiger partial charge on any atom is -0.389 e. The Balaban J connectivity index is 2.03. The van der Waals surface area contributed by atoms with Gasteiger partial charge in [0, 0.05) is 19.6 Å². The van der Waals surface area contributed by atoms with Crippen LogP contribution in [-0.2, 0) is 11.2 Å². The standard InChI is InChI=1S/C13H18O2/c1-11-2-4-12(5-3-11)10-13(14)6-8-15-9-7-13/h2-5,14H,6-10H2,1H3. The third kappa shape index (κ3) is 2.80. The molecule has 0 amide bonds. The van der Waals surface area contributed by atoms with Crippen LogP contribution in [-0.4, -0.2) is 23.9 Å². The molecular weight excluding hydrogens is 188 g/mol. The minimum absolute atomic E-state index is 0.548. The molecule has 2 nitrogen and oxygen atoms in total. The number of ether oxygens (including phenoxy) is 1. The van der Waals surface area contributed by atoms with Gasteiger partial charge in [-0.25, -0.2) is 0 Å². The summed E-state index contributed by atoms with van der Waals surface area (Å²) in [6, 6.07) is 8.39. The highest BCUT2D eigenvalue weighted by atomic mass is 16.5. The van der Waals surface area contributed by atoms with Crippen LogP contribution in [0.15, 0.2) is 24.3 Å². The zero-order valence-electron chi connectivity index (χ0n) is 9.20. The predicted octanol–water partition coefficient (Wildman–Crippen LogP) is 2.08. The van der Waals surface area contributed by atoms with E-state index in [2.05, 4.69) is 31.2 Å². The number of hydrogen-bond acceptors (Lipinski definition) is 2. The highest BCUT2D eigenvalue weighted by Gasteiger charge is 2.29. The van der Waals surface area contributed by atoms with Crippen molar-refractivity contribution < 1.29 is 9.84 Å². The summed E-state index contributed by atoms with van der Waals surface area (Å²) in [6.45, 7) is 3.44. The molecule has 1 heterocycles. The van der Waals surface area contributed by atoms with Gasteiger partial charge in [-0.2, -0.15) is 0 Å². The molecule has 0 spiro atoms. The molecule has 1 aliphatic heterocycles. The van der Waals surface area contributed by atoms with E-state index in [4.69, 9.17) is 4.74 Å². The Hall–Kier alpha value is -0.860. The Bertz CT molecular complexity index is 310. The van der Waals surface area contributed by atoms with Gasteiger partial charge in [0.15, 0.2) is 0 Å². The van der Waals surface area contributed by atoms with Crippen molar-refractivity contribution in [2.45, 2.75) is 31.8 Å². The minimum atomic E-state index is -0.548. The van der Waals surface area contributed by atoms with Gasteiger partial charge >= 0.3 is 0 Å². The first-order chi connectivity index (χ1) is 7.18. The fourth-order valence-electron chi connectivity index (χ4n) is 2.01. The highest BCUT2D eigenvalue weighted by Crippen LogP contribution is 2.25. The number of aliphatic hydroxyl groups is 1. The smallest absolute Gasteiger partial charge is 0.0731 e. The Labute approximate surface area is 90.9 Å². The Kier molecular flexibility index (Phi) is 3.08. The number of benzene rings is 1. The largest absolute Gasteiger partial charge is 0.389 e. The van der Waals surface area contributed by atoms with Crippen molar-refractivity contribution in [1.29, 1.82) is 0 Å². The number of aryl methyl sites for hydroxylation is 1. The first-order valence-electron chi connectivity index (χ1n) is 5.54. The maximum atomic E-state index is 10.3. The second-order valence-corrected chi connectivity index (χ2v) is 4.50. The first kappa shape index (κ1) is 10.7. The van der Waals surface area contributed by atoms with Gasteiger partial charge in [-0.05, 0) is 25.3 Å². The van der Waals surface area contributed by atoms with Crippen molar-refractivity contribution in [3.63, 3.8) is 0 Å². The van der Waals surface area contributed by atoms with Gasteiger partial charge in [0.2, 0.25) is 0 Å². The summed E-state index contributed by atoms with van der Waals surface area (Å²) in [6.07, 6.45) is 2.25. The summed E-state index contributed by atoms with van der Waals surface area (Å²) in [4.78, 5) is 0. The molecule has 0 saturated carbocycles. The molecule has 1 fully saturated rings. The molecule has 0 radical (unpaired) electrons. The molecule has 0 aromatic heterocycles. The van der Waals surface area contributed by atoms with Crippen molar-refractivity contribution in [2.24, 2.45) is 0 Å². The van der Waals surface area contributed by atoms with Crippen molar-refractivity contribution in [3.8, 4) is 0 Å². The quantitative estimate of drug-likeness (QED) is 0.802. The van der Waals surface area contributed by atoms with E-state index in [-0.39, 0.29) is 0 Å². The lowest BCUT2D eigenvalue weighted by atomic mass is 9.87. The van der Waals surface area contributed by atoms with Crippen molar-refractivity contribution in [2.75, 3.05) is 13.2 Å². The van der Waals surface area contributed by atoms with Crippen molar-refractivity contribution in [1.82, 2.24) is 0 Å². The van der Waals surface area contributed by atoms with E-state index in [1.54, 1.807) is 0 Å². The van der Waals surface area contributed by atoms with E-state index in [1.807, 2.05) is 0 Å². The van der Waals surface area contributed by atoms with Crippen LogP contribution in [0.3, 0.4) is 0 Å². The lowest BCUT2D eigenvalue weighted by molar-refractivity contribution is -0.0625. The van der Waals surface area contributed by atoms with E-state index < -0.39 is 5.60 Å². The first-order valence-corrected chi connectivity index (χ1v) is 5.54. The van der Waals surface area contributed by atoms with Gasteiger partial charge in [0.1, 0.15) is 0 Å². The summed E-state index contributed by atoms with van der Waals surface area (Å²) >= 11 is 0. The molecule has 1 aromatic rings. The fraction of sp³-hybridized carbons (Fsp3) is 0.538. The van der Waals surface area contributed by atoms with Gasteiger partial charge in [-0.3, -0.25) is 0 Å². The summed E-state index contributed by atoms with van der Waals surface area (Å²) < 4.78 is 5.26. The van der Waals surface area contributed by atoms with Gasteiger partial charge in [-0.1, -0.05) is 29.8 Å². The van der Waals surface area contributed by atoms with Gasteiger partial charge in [-0.15, -0.1) is 0 Å². The number of rotatable bonds is 2. The summed E-state index contributed by atoms with van der Waals surface area (Å²) in [5, 5.41) is 10.3. The number of hydrogen-bond donors (Lipinski definition) is 1. The lowest BCUT2D eigenvalue weighted by Gasteiger charge is -2.32. The maximum absolute atomic E-state index is 10.3. The topological polar surface area (TPSA) is 29.5 Å². The van der Waals surface area contributed by atoms with Crippen LogP contribution >= 0.6 is 0 Å². The Morgan fingerprint density at radius 1 is 1.20 bits per heavy atom. The fourth-order valence-corrected chi connectivity index (χ4v) is 2.01. The molecule has 2 heteroatoms. The normalized spacial score (nSPS) is 20.1. The highest BCUT2D eigenvalue weighted by molar-refractivity contribution is 5.22. The second-order valence-electron chi connectivity index (χ2n) is 4.50. The lowest BCUT2D eigenvalue weighted by Crippen LogP contribution is -2.38. The van der Waals surface area contributed by atoms with Crippen LogP contribution in [0.1, 0.15) is 24.0 Å². The van der Waals surface area contributed by atoms with E-state index >= 15 is 0 Å². The predicted molar refractivity (Wildman–Crippen MR) is 59.9 cm³/mol. The molecule has 0 unspecified atom stereocenters. The Morgan fingerprint density at radius 3 is 2.40 bits per heavy atom. The summed E-state index contributed by atoms with van der Waals surface area (Å²) in [7, 11) is 0. The third-order valence-corrected chi connectivity index (χ3v) is 3.08. The monoisotopic (exact) mass is 206 g/mol. The van der Waals surface area contributed by atoms with E-state index in [0.29, 0.717) is 13.2 Å². The molecule has 1 saturated heterocycles. The van der Waals surface area contributed by atoms with Crippen LogP contribution in [0.4, 0.5) is 0 Å². The van der Waals surface area contributed by atoms with Gasteiger partial charge in [0.25, 0.3) is 0 Å². The Morgan fingerprint density at radius 2 is 1.80 bits per heavy atom. The van der Waals surface area contributed by atoms with Crippen LogP contribution in [0, 0.1) is 6.92 Å². The molecule has 1 aromatic carbocycles. The third-order valence-electron chi connectivity index (χ3n) is 3.08. The molecule has 1 N–H and O–H groups in total. The van der Waals surface area contributed by atoms with E-state index in [9.17, 15) is 5.11 Å². The van der Waals surface area contributed by atoms with E-state index in [0.717, 1.165) is 19.3 Å². The van der Waals surface area contributed by atoms with Crippen LogP contribution in [0.2, 0.25) is 0 Å². The summed E-state index contributed by atoms with van der Waals surface area (Å²) in [5.41, 5.74) is 1.93. The average Bonchev–Trinajstić information content (AvgIpc) is 2.22. The van der Waals surface area contributed by atoms with Gasteiger partial charge < -0.3 is 9.84 Å². The average molecular weight is 206 g/mol. The van der Waals surface area contributed by atoms with Gasteiger partial charge in [0.05, 0.1) is 5.60 Å². The van der Waals surface area contributed by atoms with Crippen LogP contribution in [0.5, 0.6) is 0 Å². The summed E-state index contributed by atoms with van der Waals surface area (Å²) in [5.74, 6) is 0. The SMILES string of the molecule is Cc1ccc(CC2(O)CCOCC2)cc1. The molecule has 2 rings (SSSR count). The second kappa shape index (κ2) is 4.33. The zero-order valence-corrected chi connectivity index (χ0v) is 9.20. The molecule has 15 heavy (non-hydrogen) atoms. The molecule has 82 valence electrons. The molecule has 1 aliphatic rings. The molecule has 0 bridgehead atoms. The zero-order chi connectivity index (χ0) is 10.7. The van der Waals surface area contributed by atoms with E-state index in [1.165, 1.54) is 11.1 Å². The molecule has 0 aliphatic carbocycles. The maximum Gasteiger partial charge on any atom is 0.0731 e. The molecular formula is C13H18O2. The van der Waals surface area contributed by atoms with Crippen molar-refractivity contribution >= 4 is 0 Å². The van der Waals surface area contributed by atoms with Crippen LogP contribution in [0.25, 0.3) is 0 Å². The van der Waals surface area contributed by atoms with Crippen LogP contribution < -0.4 is 0 Å². The molecule has 0 atom stereocenters. The van der Waals surface area contributed by atoms with Crippen molar-refractivity contribution in [3.05, 3.63) is 35.4 Å².